The van der Waals surface area contributed by atoms with E-state index >= 15 is 0 Å². The fourth-order valence-corrected chi connectivity index (χ4v) is 2.21. The Balaban J connectivity index is 2.79. The molecule has 1 heteroatoms. The van der Waals surface area contributed by atoms with Crippen molar-refractivity contribution < 1.29 is 4.79 Å². The summed E-state index contributed by atoms with van der Waals surface area (Å²) in [6.07, 6.45) is 2.98. The van der Waals surface area contributed by atoms with Crippen molar-refractivity contribution in [3.05, 3.63) is 35.9 Å². The van der Waals surface area contributed by atoms with Gasteiger partial charge in [-0.3, -0.25) is 4.79 Å². The molecule has 1 aromatic rings. The molecular formula is C15H22O. The number of carbonyl (C=O) groups is 1. The van der Waals surface area contributed by atoms with E-state index < -0.39 is 0 Å². The largest absolute Gasteiger partial charge is 0.299 e. The molecule has 1 aromatic carbocycles. The molecule has 0 aliphatic rings. The lowest BCUT2D eigenvalue weighted by molar-refractivity contribution is -0.124. The molecule has 0 amide bonds. The van der Waals surface area contributed by atoms with Crippen LogP contribution in [0.3, 0.4) is 0 Å². The topological polar surface area (TPSA) is 17.1 Å². The van der Waals surface area contributed by atoms with Crippen LogP contribution in [0.15, 0.2) is 30.3 Å². The van der Waals surface area contributed by atoms with E-state index in [0.29, 0.717) is 5.78 Å². The predicted molar refractivity (Wildman–Crippen MR) is 68.6 cm³/mol. The molecule has 0 aromatic heterocycles. The van der Waals surface area contributed by atoms with E-state index in [-0.39, 0.29) is 11.8 Å². The van der Waals surface area contributed by atoms with Crippen LogP contribution >= 0.6 is 0 Å². The fourth-order valence-electron chi connectivity index (χ4n) is 2.21. The van der Waals surface area contributed by atoms with Gasteiger partial charge in [0, 0.05) is 11.8 Å². The van der Waals surface area contributed by atoms with Crippen LogP contribution < -0.4 is 0 Å². The van der Waals surface area contributed by atoms with Crippen molar-refractivity contribution in [2.45, 2.75) is 46.0 Å². The van der Waals surface area contributed by atoms with Crippen molar-refractivity contribution in [1.82, 2.24) is 0 Å². The van der Waals surface area contributed by atoms with Gasteiger partial charge in [-0.25, -0.2) is 0 Å². The molecule has 0 radical (unpaired) electrons. The van der Waals surface area contributed by atoms with E-state index in [0.717, 1.165) is 24.8 Å². The molecule has 0 spiro atoms. The predicted octanol–water partition coefficient (Wildman–Crippen LogP) is 4.19. The number of hydrogen-bond donors (Lipinski definition) is 0. The molecule has 16 heavy (non-hydrogen) atoms. The van der Waals surface area contributed by atoms with Gasteiger partial charge in [-0.2, -0.15) is 0 Å². The minimum atomic E-state index is 0.0859. The highest BCUT2D eigenvalue weighted by Crippen LogP contribution is 2.25. The Labute approximate surface area is 98.9 Å². The highest BCUT2D eigenvalue weighted by Gasteiger charge is 2.22. The normalized spacial score (nSPS) is 14.4. The molecule has 0 bridgehead atoms. The Morgan fingerprint density at radius 1 is 1.19 bits per heavy atom. The second kappa shape index (κ2) is 6.47. The van der Waals surface area contributed by atoms with Gasteiger partial charge in [0.1, 0.15) is 5.78 Å². The Morgan fingerprint density at radius 2 is 1.81 bits per heavy atom. The van der Waals surface area contributed by atoms with E-state index in [9.17, 15) is 4.79 Å². The average Bonchev–Trinajstić information content (AvgIpc) is 2.31. The van der Waals surface area contributed by atoms with Gasteiger partial charge in [-0.05, 0) is 18.4 Å². The van der Waals surface area contributed by atoms with Crippen LogP contribution in [0.5, 0.6) is 0 Å². The SMILES string of the molecule is CCCC(C)C(=O)C(CC)c1ccccc1. The van der Waals surface area contributed by atoms with Gasteiger partial charge in [-0.1, -0.05) is 57.5 Å². The van der Waals surface area contributed by atoms with Crippen LogP contribution in [0.2, 0.25) is 0 Å². The zero-order valence-electron chi connectivity index (χ0n) is 10.6. The van der Waals surface area contributed by atoms with Gasteiger partial charge in [0.15, 0.2) is 0 Å². The van der Waals surface area contributed by atoms with Crippen LogP contribution in [-0.2, 0) is 4.79 Å². The number of benzene rings is 1. The lowest BCUT2D eigenvalue weighted by Gasteiger charge is -2.18. The summed E-state index contributed by atoms with van der Waals surface area (Å²) in [6, 6.07) is 10.1. The maximum atomic E-state index is 12.3. The van der Waals surface area contributed by atoms with Crippen molar-refractivity contribution in [3.63, 3.8) is 0 Å². The number of rotatable bonds is 6. The van der Waals surface area contributed by atoms with Crippen LogP contribution in [-0.4, -0.2) is 5.78 Å². The van der Waals surface area contributed by atoms with Gasteiger partial charge in [0.05, 0.1) is 0 Å². The Kier molecular flexibility index (Phi) is 5.24. The molecule has 2 atom stereocenters. The highest BCUT2D eigenvalue weighted by molar-refractivity contribution is 5.87. The van der Waals surface area contributed by atoms with E-state index in [1.807, 2.05) is 18.2 Å². The lowest BCUT2D eigenvalue weighted by atomic mass is 9.85. The number of Topliss-reactive ketones (excluding diaryl/α,β-unsaturated/α-hetero) is 1. The molecule has 0 saturated heterocycles. The summed E-state index contributed by atoms with van der Waals surface area (Å²) in [4.78, 5) is 12.3. The summed E-state index contributed by atoms with van der Waals surface area (Å²) in [5, 5.41) is 0. The Morgan fingerprint density at radius 3 is 2.31 bits per heavy atom. The molecule has 0 aliphatic heterocycles. The maximum Gasteiger partial charge on any atom is 0.143 e. The monoisotopic (exact) mass is 218 g/mol. The van der Waals surface area contributed by atoms with Crippen LogP contribution in [0.4, 0.5) is 0 Å². The first-order valence-corrected chi connectivity index (χ1v) is 6.29. The number of hydrogen-bond acceptors (Lipinski definition) is 1. The van der Waals surface area contributed by atoms with Crippen LogP contribution in [0, 0.1) is 5.92 Å². The fraction of sp³-hybridized carbons (Fsp3) is 0.533. The lowest BCUT2D eigenvalue weighted by Crippen LogP contribution is -2.19. The second-order valence-electron chi connectivity index (χ2n) is 4.46. The zero-order valence-corrected chi connectivity index (χ0v) is 10.6. The minimum absolute atomic E-state index is 0.0859. The number of ketones is 1. The molecule has 1 nitrogen and oxygen atoms in total. The molecule has 2 unspecified atom stereocenters. The third-order valence-corrected chi connectivity index (χ3v) is 3.16. The standard InChI is InChI=1S/C15H22O/c1-4-9-12(3)15(16)14(5-2)13-10-7-6-8-11-13/h6-8,10-12,14H,4-5,9H2,1-3H3. The summed E-state index contributed by atoms with van der Waals surface area (Å²) in [5.74, 6) is 0.674. The summed E-state index contributed by atoms with van der Waals surface area (Å²) in [5.41, 5.74) is 1.16. The Bertz CT molecular complexity index is 315. The molecule has 1 rings (SSSR count). The van der Waals surface area contributed by atoms with Crippen molar-refractivity contribution in [3.8, 4) is 0 Å². The quantitative estimate of drug-likeness (QED) is 0.700. The van der Waals surface area contributed by atoms with Crippen LogP contribution in [0.25, 0.3) is 0 Å². The molecule has 0 aliphatic carbocycles. The first kappa shape index (κ1) is 13.0. The van der Waals surface area contributed by atoms with Crippen molar-refractivity contribution in [2.75, 3.05) is 0 Å². The summed E-state index contributed by atoms with van der Waals surface area (Å²) < 4.78 is 0. The second-order valence-corrected chi connectivity index (χ2v) is 4.46. The molecule has 0 saturated carbocycles. The van der Waals surface area contributed by atoms with E-state index in [1.54, 1.807) is 0 Å². The first-order chi connectivity index (χ1) is 7.70. The van der Waals surface area contributed by atoms with Crippen molar-refractivity contribution >= 4 is 5.78 Å². The summed E-state index contributed by atoms with van der Waals surface area (Å²) in [6.45, 7) is 6.28. The first-order valence-electron chi connectivity index (χ1n) is 6.29. The van der Waals surface area contributed by atoms with Gasteiger partial charge in [0.2, 0.25) is 0 Å². The molecule has 0 N–H and O–H groups in total. The van der Waals surface area contributed by atoms with E-state index in [4.69, 9.17) is 0 Å². The van der Waals surface area contributed by atoms with Gasteiger partial charge in [0.25, 0.3) is 0 Å². The third-order valence-electron chi connectivity index (χ3n) is 3.16. The molecule has 0 fully saturated rings. The zero-order chi connectivity index (χ0) is 12.0. The summed E-state index contributed by atoms with van der Waals surface area (Å²) >= 11 is 0. The molecule has 0 heterocycles. The highest BCUT2D eigenvalue weighted by atomic mass is 16.1. The minimum Gasteiger partial charge on any atom is -0.299 e. The van der Waals surface area contributed by atoms with Crippen molar-refractivity contribution in [1.29, 1.82) is 0 Å². The van der Waals surface area contributed by atoms with E-state index in [2.05, 4.69) is 32.9 Å². The number of carbonyl (C=O) groups excluding carboxylic acids is 1. The average molecular weight is 218 g/mol. The van der Waals surface area contributed by atoms with Crippen molar-refractivity contribution in [2.24, 2.45) is 5.92 Å². The maximum absolute atomic E-state index is 12.3. The van der Waals surface area contributed by atoms with Gasteiger partial charge in [-0.15, -0.1) is 0 Å². The van der Waals surface area contributed by atoms with E-state index in [1.165, 1.54) is 0 Å². The summed E-state index contributed by atoms with van der Waals surface area (Å²) in [7, 11) is 0. The van der Waals surface area contributed by atoms with Gasteiger partial charge < -0.3 is 0 Å². The molecule has 88 valence electrons. The smallest absolute Gasteiger partial charge is 0.143 e. The van der Waals surface area contributed by atoms with Crippen LogP contribution in [0.1, 0.15) is 51.5 Å². The third kappa shape index (κ3) is 3.19. The molecular weight excluding hydrogens is 196 g/mol. The Hall–Kier alpha value is -1.11. The van der Waals surface area contributed by atoms with Gasteiger partial charge >= 0.3 is 0 Å².